The highest BCUT2D eigenvalue weighted by Gasteiger charge is 2.15. The second-order valence-electron chi connectivity index (χ2n) is 7.46. The number of hydrogen-bond acceptors (Lipinski definition) is 3. The van der Waals surface area contributed by atoms with Crippen LogP contribution in [0, 0.1) is 11.8 Å². The maximum atomic E-state index is 11.9. The Labute approximate surface area is 185 Å². The van der Waals surface area contributed by atoms with Crippen LogP contribution in [-0.4, -0.2) is 29.2 Å². The standard InChI is InChI=1S/C27H20N2O3/c30-27(31)24-3-1-2-21(26(24)22-9-8-20-12-13-28-25(20)18-22)7-4-19-5-10-23(11-6-19)29-14-16-32-17-15-29/h1-3,5-6,8-14,16,18,28H,15,17H2,(H,30,31). The molecule has 4 aromatic rings. The van der Waals surface area contributed by atoms with E-state index in [0.717, 1.165) is 34.3 Å². The molecule has 0 aliphatic carbocycles. The Morgan fingerprint density at radius 3 is 2.69 bits per heavy atom. The predicted molar refractivity (Wildman–Crippen MR) is 126 cm³/mol. The quantitative estimate of drug-likeness (QED) is 0.445. The van der Waals surface area contributed by atoms with Gasteiger partial charge in [-0.15, -0.1) is 0 Å². The molecule has 0 saturated carbocycles. The summed E-state index contributed by atoms with van der Waals surface area (Å²) in [6.07, 6.45) is 5.47. The summed E-state index contributed by atoms with van der Waals surface area (Å²) in [7, 11) is 0. The average Bonchev–Trinajstić information content (AvgIpc) is 3.31. The molecule has 5 rings (SSSR count). The Balaban J connectivity index is 1.52. The summed E-state index contributed by atoms with van der Waals surface area (Å²) in [5.74, 6) is 5.41. The first-order chi connectivity index (χ1) is 15.7. The van der Waals surface area contributed by atoms with Crippen LogP contribution in [0.2, 0.25) is 0 Å². The number of H-pyrrole nitrogens is 1. The monoisotopic (exact) mass is 420 g/mol. The number of ether oxygens (including phenoxy) is 1. The normalized spacial score (nSPS) is 12.8. The number of nitrogens with zero attached hydrogens (tertiary/aromatic N) is 1. The van der Waals surface area contributed by atoms with Crippen molar-refractivity contribution in [1.82, 2.24) is 4.98 Å². The first kappa shape index (κ1) is 19.5. The van der Waals surface area contributed by atoms with Gasteiger partial charge in [-0.3, -0.25) is 0 Å². The molecule has 1 aromatic heterocycles. The van der Waals surface area contributed by atoms with Gasteiger partial charge in [0.15, 0.2) is 0 Å². The number of anilines is 1. The molecule has 0 saturated heterocycles. The maximum Gasteiger partial charge on any atom is 0.336 e. The summed E-state index contributed by atoms with van der Waals surface area (Å²) < 4.78 is 5.24. The van der Waals surface area contributed by atoms with Crippen LogP contribution in [0.3, 0.4) is 0 Å². The van der Waals surface area contributed by atoms with Crippen molar-refractivity contribution in [2.75, 3.05) is 18.1 Å². The Bertz CT molecular complexity index is 1390. The third-order valence-electron chi connectivity index (χ3n) is 5.47. The summed E-state index contributed by atoms with van der Waals surface area (Å²) in [4.78, 5) is 17.3. The molecule has 2 N–H and O–H groups in total. The molecule has 0 bridgehead atoms. The molecule has 0 amide bonds. The van der Waals surface area contributed by atoms with Crippen molar-refractivity contribution in [3.05, 3.63) is 102 Å². The van der Waals surface area contributed by atoms with Crippen LogP contribution in [0.1, 0.15) is 21.5 Å². The molecule has 1 aliphatic heterocycles. The number of fused-ring (bicyclic) bond motifs is 1. The van der Waals surface area contributed by atoms with Gasteiger partial charge in [-0.1, -0.05) is 30.0 Å². The molecule has 5 heteroatoms. The van der Waals surface area contributed by atoms with E-state index in [-0.39, 0.29) is 5.56 Å². The van der Waals surface area contributed by atoms with E-state index in [4.69, 9.17) is 4.74 Å². The number of carbonyl (C=O) groups is 1. The van der Waals surface area contributed by atoms with Gasteiger partial charge in [0.25, 0.3) is 0 Å². The minimum absolute atomic E-state index is 0.233. The number of hydrogen-bond donors (Lipinski definition) is 2. The summed E-state index contributed by atoms with van der Waals surface area (Å²) >= 11 is 0. The third-order valence-corrected chi connectivity index (χ3v) is 5.47. The van der Waals surface area contributed by atoms with E-state index in [1.165, 1.54) is 0 Å². The Hall–Kier alpha value is -4.43. The number of rotatable bonds is 3. The summed E-state index contributed by atoms with van der Waals surface area (Å²) in [6.45, 7) is 1.47. The molecule has 32 heavy (non-hydrogen) atoms. The van der Waals surface area contributed by atoms with Gasteiger partial charge < -0.3 is 19.7 Å². The topological polar surface area (TPSA) is 65.6 Å². The molecule has 0 spiro atoms. The SMILES string of the molecule is O=C(O)c1cccc(C#Cc2ccc(N3C=COCC3)cc2)c1-c1ccc2cc[nH]c2c1. The van der Waals surface area contributed by atoms with Crippen molar-refractivity contribution in [3.63, 3.8) is 0 Å². The maximum absolute atomic E-state index is 11.9. The van der Waals surface area contributed by atoms with E-state index in [2.05, 4.69) is 21.7 Å². The fourth-order valence-electron chi connectivity index (χ4n) is 3.85. The Morgan fingerprint density at radius 2 is 1.91 bits per heavy atom. The Kier molecular flexibility index (Phi) is 5.11. The van der Waals surface area contributed by atoms with Crippen molar-refractivity contribution in [2.24, 2.45) is 0 Å². The van der Waals surface area contributed by atoms with Crippen molar-refractivity contribution in [3.8, 4) is 23.0 Å². The van der Waals surface area contributed by atoms with Crippen LogP contribution in [0.4, 0.5) is 5.69 Å². The molecular formula is C27H20N2O3. The first-order valence-electron chi connectivity index (χ1n) is 10.3. The number of carboxylic acid groups (broad SMARTS) is 1. The van der Waals surface area contributed by atoms with Crippen LogP contribution in [0.15, 0.2) is 85.4 Å². The zero-order valence-electron chi connectivity index (χ0n) is 17.2. The Morgan fingerprint density at radius 1 is 1.03 bits per heavy atom. The van der Waals surface area contributed by atoms with Crippen LogP contribution in [0.5, 0.6) is 0 Å². The van der Waals surface area contributed by atoms with Crippen molar-refractivity contribution >= 4 is 22.6 Å². The van der Waals surface area contributed by atoms with Crippen molar-refractivity contribution in [1.29, 1.82) is 0 Å². The van der Waals surface area contributed by atoms with Gasteiger partial charge in [0.05, 0.1) is 18.4 Å². The lowest BCUT2D eigenvalue weighted by molar-refractivity contribution is 0.0697. The predicted octanol–water partition coefficient (Wildman–Crippen LogP) is 5.24. The molecule has 156 valence electrons. The van der Waals surface area contributed by atoms with Crippen LogP contribution >= 0.6 is 0 Å². The molecule has 3 aromatic carbocycles. The van der Waals surface area contributed by atoms with Crippen LogP contribution in [-0.2, 0) is 4.74 Å². The van der Waals surface area contributed by atoms with Gasteiger partial charge in [-0.2, -0.15) is 0 Å². The highest BCUT2D eigenvalue weighted by molar-refractivity contribution is 5.99. The molecular weight excluding hydrogens is 400 g/mol. The van der Waals surface area contributed by atoms with E-state index >= 15 is 0 Å². The minimum Gasteiger partial charge on any atom is -0.498 e. The fourth-order valence-corrected chi connectivity index (χ4v) is 3.85. The second-order valence-corrected chi connectivity index (χ2v) is 7.46. The molecule has 0 radical (unpaired) electrons. The first-order valence-corrected chi connectivity index (χ1v) is 10.3. The number of nitrogens with one attached hydrogen (secondary N) is 1. The smallest absolute Gasteiger partial charge is 0.336 e. The summed E-state index contributed by atoms with van der Waals surface area (Å²) in [5.41, 5.74) is 5.23. The molecule has 1 aliphatic rings. The largest absolute Gasteiger partial charge is 0.498 e. The molecule has 0 unspecified atom stereocenters. The van der Waals surface area contributed by atoms with Gasteiger partial charge in [-0.25, -0.2) is 4.79 Å². The minimum atomic E-state index is -0.974. The average molecular weight is 420 g/mol. The van der Waals surface area contributed by atoms with Crippen molar-refractivity contribution < 1.29 is 14.6 Å². The van der Waals surface area contributed by atoms with Gasteiger partial charge >= 0.3 is 5.97 Å². The fraction of sp³-hybridized carbons (Fsp3) is 0.0741. The molecule has 0 fully saturated rings. The van der Waals surface area contributed by atoms with Gasteiger partial charge in [0.1, 0.15) is 6.61 Å². The highest BCUT2D eigenvalue weighted by atomic mass is 16.5. The van der Waals surface area contributed by atoms with Crippen LogP contribution in [0.25, 0.3) is 22.0 Å². The van der Waals surface area contributed by atoms with Gasteiger partial charge in [-0.05, 0) is 59.5 Å². The van der Waals surface area contributed by atoms with Gasteiger partial charge in [0, 0.05) is 40.3 Å². The summed E-state index contributed by atoms with van der Waals surface area (Å²) in [6, 6.07) is 21.1. The highest BCUT2D eigenvalue weighted by Crippen LogP contribution is 2.30. The third kappa shape index (κ3) is 3.82. The van der Waals surface area contributed by atoms with E-state index in [0.29, 0.717) is 17.7 Å². The van der Waals surface area contributed by atoms with E-state index in [9.17, 15) is 9.90 Å². The van der Waals surface area contributed by atoms with Gasteiger partial charge in [0.2, 0.25) is 0 Å². The molecule has 5 nitrogen and oxygen atoms in total. The van der Waals surface area contributed by atoms with E-state index in [1.54, 1.807) is 18.4 Å². The number of aromatic amines is 1. The van der Waals surface area contributed by atoms with E-state index in [1.807, 2.05) is 67.0 Å². The molecule has 2 heterocycles. The van der Waals surface area contributed by atoms with E-state index < -0.39 is 5.97 Å². The zero-order valence-corrected chi connectivity index (χ0v) is 17.2. The number of aromatic nitrogens is 1. The van der Waals surface area contributed by atoms with Crippen LogP contribution < -0.4 is 4.90 Å². The lowest BCUT2D eigenvalue weighted by Gasteiger charge is -2.23. The lowest BCUT2D eigenvalue weighted by Crippen LogP contribution is -2.24. The number of benzene rings is 3. The zero-order chi connectivity index (χ0) is 21.9. The number of aromatic carboxylic acids is 1. The number of carboxylic acids is 1. The van der Waals surface area contributed by atoms with Crippen molar-refractivity contribution in [2.45, 2.75) is 0 Å². The molecule has 0 atom stereocenters. The lowest BCUT2D eigenvalue weighted by atomic mass is 9.93. The second kappa shape index (κ2) is 8.37. The summed E-state index contributed by atoms with van der Waals surface area (Å²) in [5, 5.41) is 10.9.